The summed E-state index contributed by atoms with van der Waals surface area (Å²) in [6.45, 7) is 3.89. The van der Waals surface area contributed by atoms with Gasteiger partial charge in [-0.2, -0.15) is 10.1 Å². The zero-order valence-electron chi connectivity index (χ0n) is 17.8. The number of carbonyl (C=O) groups excluding carboxylic acids is 1. The van der Waals surface area contributed by atoms with Crippen molar-refractivity contribution in [1.29, 1.82) is 5.53 Å². The first-order chi connectivity index (χ1) is 14.8. The number of primary amides is 1. The lowest BCUT2D eigenvalue weighted by atomic mass is 10.1. The van der Waals surface area contributed by atoms with E-state index in [1.165, 1.54) is 6.20 Å². The van der Waals surface area contributed by atoms with E-state index in [0.29, 0.717) is 36.0 Å². The summed E-state index contributed by atoms with van der Waals surface area (Å²) in [6, 6.07) is 7.38. The van der Waals surface area contributed by atoms with Gasteiger partial charge in [-0.05, 0) is 57.4 Å². The molecule has 1 saturated carbocycles. The van der Waals surface area contributed by atoms with Crippen LogP contribution in [-0.4, -0.2) is 39.2 Å². The third-order valence-electron chi connectivity index (χ3n) is 5.28. The van der Waals surface area contributed by atoms with Gasteiger partial charge in [-0.3, -0.25) is 4.79 Å². The Bertz CT molecular complexity index is 918. The Morgan fingerprint density at radius 3 is 2.71 bits per heavy atom. The monoisotopic (exact) mass is 427 g/mol. The van der Waals surface area contributed by atoms with E-state index in [-0.39, 0.29) is 24.5 Å². The molecule has 1 fully saturated rings. The molecule has 1 aromatic heterocycles. The molecule has 0 radical (unpaired) electrons. The van der Waals surface area contributed by atoms with E-state index in [1.54, 1.807) is 0 Å². The minimum absolute atomic E-state index is 0.0557. The van der Waals surface area contributed by atoms with Crippen molar-refractivity contribution in [3.63, 3.8) is 0 Å². The minimum Gasteiger partial charge on any atom is -0.488 e. The van der Waals surface area contributed by atoms with Crippen LogP contribution in [-0.2, 0) is 4.79 Å². The summed E-state index contributed by atoms with van der Waals surface area (Å²) >= 11 is 0. The van der Waals surface area contributed by atoms with Gasteiger partial charge in [-0.25, -0.2) is 10.5 Å². The maximum atomic E-state index is 11.4. The van der Waals surface area contributed by atoms with E-state index < -0.39 is 5.60 Å². The molecule has 166 valence electrons. The average Bonchev–Trinajstić information content (AvgIpc) is 3.18. The van der Waals surface area contributed by atoms with Crippen LogP contribution in [0.5, 0.6) is 5.75 Å². The normalized spacial score (nSPS) is 18.4. The second kappa shape index (κ2) is 9.69. The maximum absolute atomic E-state index is 11.4. The highest BCUT2D eigenvalue weighted by Gasteiger charge is 2.29. The number of benzene rings is 1. The summed E-state index contributed by atoms with van der Waals surface area (Å²) in [5.41, 5.74) is 13.4. The second-order valence-electron chi connectivity index (χ2n) is 8.28. The number of aliphatic hydroxyl groups is 1. The van der Waals surface area contributed by atoms with Crippen LogP contribution >= 0.6 is 0 Å². The molecule has 2 aromatic rings. The largest absolute Gasteiger partial charge is 0.488 e. The third kappa shape index (κ3) is 6.11. The number of aromatic nitrogens is 2. The summed E-state index contributed by atoms with van der Waals surface area (Å²) in [5.74, 6) is 1.08. The molecule has 0 aliphatic heterocycles. The summed E-state index contributed by atoms with van der Waals surface area (Å²) in [7, 11) is 0. The van der Waals surface area contributed by atoms with Crippen LogP contribution in [0, 0.1) is 11.4 Å². The van der Waals surface area contributed by atoms with Gasteiger partial charge in [0.2, 0.25) is 11.9 Å². The number of nitrogens with one attached hydrogen (secondary N) is 3. The molecule has 1 aliphatic rings. The Kier molecular flexibility index (Phi) is 7.01. The van der Waals surface area contributed by atoms with Crippen LogP contribution in [0.3, 0.4) is 0 Å². The van der Waals surface area contributed by atoms with Gasteiger partial charge in [0.15, 0.2) is 5.82 Å². The predicted molar refractivity (Wildman–Crippen MR) is 117 cm³/mol. The first-order valence-corrected chi connectivity index (χ1v) is 10.3. The maximum Gasteiger partial charge on any atom is 0.224 e. The molecule has 1 aliphatic carbocycles. The van der Waals surface area contributed by atoms with Crippen LogP contribution in [0.4, 0.5) is 23.1 Å². The van der Waals surface area contributed by atoms with Crippen LogP contribution in [0.25, 0.3) is 0 Å². The zero-order valence-corrected chi connectivity index (χ0v) is 17.8. The number of hydrogen-bond donors (Lipinski definition) is 5. The van der Waals surface area contributed by atoms with Crippen LogP contribution in [0.2, 0.25) is 0 Å². The van der Waals surface area contributed by atoms with E-state index in [0.717, 1.165) is 18.5 Å². The zero-order chi connectivity index (χ0) is 22.4. The third-order valence-corrected chi connectivity index (χ3v) is 5.28. The number of ether oxygens (including phenoxy) is 1. The topological polar surface area (TPSA) is 159 Å². The molecule has 0 unspecified atom stereocenters. The van der Waals surface area contributed by atoms with Gasteiger partial charge in [0.1, 0.15) is 17.0 Å². The average molecular weight is 428 g/mol. The fourth-order valence-electron chi connectivity index (χ4n) is 3.55. The summed E-state index contributed by atoms with van der Waals surface area (Å²) < 4.78 is 5.91. The number of nitrogens with two attached hydrogens (primary N) is 1. The molecular formula is C21H29N7O3. The van der Waals surface area contributed by atoms with E-state index >= 15 is 0 Å². The Morgan fingerprint density at radius 2 is 2.10 bits per heavy atom. The van der Waals surface area contributed by atoms with Gasteiger partial charge in [-0.15, -0.1) is 0 Å². The van der Waals surface area contributed by atoms with Gasteiger partial charge in [0, 0.05) is 30.7 Å². The lowest BCUT2D eigenvalue weighted by Gasteiger charge is -2.25. The number of anilines is 3. The van der Waals surface area contributed by atoms with Crippen molar-refractivity contribution >= 4 is 29.0 Å². The molecule has 31 heavy (non-hydrogen) atoms. The first-order valence-electron chi connectivity index (χ1n) is 10.3. The molecule has 1 heterocycles. The van der Waals surface area contributed by atoms with Crippen LogP contribution in [0.15, 0.2) is 35.6 Å². The van der Waals surface area contributed by atoms with Crippen molar-refractivity contribution < 1.29 is 14.6 Å². The summed E-state index contributed by atoms with van der Waals surface area (Å²) in [6.07, 6.45) is 4.22. The van der Waals surface area contributed by atoms with Gasteiger partial charge in [-0.1, -0.05) is 0 Å². The predicted octanol–water partition coefficient (Wildman–Crippen LogP) is 3.49. The molecule has 0 bridgehead atoms. The lowest BCUT2D eigenvalue weighted by Crippen LogP contribution is -2.29. The second-order valence-corrected chi connectivity index (χ2v) is 8.28. The number of carbonyl (C=O) groups is 1. The number of nitrogens with zero attached hydrogens (tertiary/aromatic N) is 3. The molecule has 1 amide bonds. The Hall–Kier alpha value is -3.27. The SMILES string of the molecule is CC(C)(CCO)Oc1ccc(Nc2nc(N[C@@H]3CC[C@@H](C(N)=O)C3)ncc2N=N)cc1. The van der Waals surface area contributed by atoms with Crippen LogP contribution < -0.4 is 21.1 Å². The number of hydrogen-bond acceptors (Lipinski definition) is 9. The van der Waals surface area contributed by atoms with Gasteiger partial charge < -0.3 is 26.2 Å². The Balaban J connectivity index is 1.68. The summed E-state index contributed by atoms with van der Waals surface area (Å²) in [5, 5.41) is 19.0. The molecule has 0 saturated heterocycles. The molecule has 10 heteroatoms. The Labute approximate surface area is 181 Å². The minimum atomic E-state index is -0.470. The van der Waals surface area contributed by atoms with Crippen molar-refractivity contribution in [2.75, 3.05) is 17.2 Å². The smallest absolute Gasteiger partial charge is 0.224 e. The number of aliphatic hydroxyl groups excluding tert-OH is 1. The summed E-state index contributed by atoms with van der Waals surface area (Å²) in [4.78, 5) is 20.1. The van der Waals surface area contributed by atoms with Gasteiger partial charge in [0.05, 0.1) is 6.20 Å². The fraction of sp³-hybridized carbons (Fsp3) is 0.476. The number of rotatable bonds is 10. The lowest BCUT2D eigenvalue weighted by molar-refractivity contribution is -0.121. The molecule has 3 rings (SSSR count). The van der Waals surface area contributed by atoms with E-state index in [4.69, 9.17) is 21.1 Å². The molecule has 2 atom stereocenters. The van der Waals surface area contributed by atoms with Crippen molar-refractivity contribution in [3.05, 3.63) is 30.5 Å². The highest BCUT2D eigenvalue weighted by molar-refractivity contribution is 5.77. The van der Waals surface area contributed by atoms with Gasteiger partial charge in [0.25, 0.3) is 0 Å². The highest BCUT2D eigenvalue weighted by Crippen LogP contribution is 2.30. The fourth-order valence-corrected chi connectivity index (χ4v) is 3.55. The van der Waals surface area contributed by atoms with Crippen molar-refractivity contribution in [3.8, 4) is 5.75 Å². The number of amides is 1. The molecule has 1 aromatic carbocycles. The molecular weight excluding hydrogens is 398 g/mol. The highest BCUT2D eigenvalue weighted by atomic mass is 16.5. The molecule has 6 N–H and O–H groups in total. The van der Waals surface area contributed by atoms with Crippen LogP contribution in [0.1, 0.15) is 39.5 Å². The standard InChI is InChI=1S/C21H29N7O3/c1-21(2,9-10-29)31-16-7-5-14(6-8-16)25-19-17(28-23)12-24-20(27-19)26-15-4-3-13(11-15)18(22)30/h5-8,12-13,15,23,29H,3-4,9-11H2,1-2H3,(H2,22,30)(H2,24,25,26,27)/t13-,15-/m1/s1. The van der Waals surface area contributed by atoms with E-state index in [1.807, 2.05) is 38.1 Å². The molecule has 0 spiro atoms. The first kappa shape index (κ1) is 22.4. The van der Waals surface area contributed by atoms with Crippen molar-refractivity contribution in [2.24, 2.45) is 16.8 Å². The van der Waals surface area contributed by atoms with Crippen molar-refractivity contribution in [2.45, 2.75) is 51.2 Å². The quantitative estimate of drug-likeness (QED) is 0.363. The van der Waals surface area contributed by atoms with Crippen molar-refractivity contribution in [1.82, 2.24) is 9.97 Å². The Morgan fingerprint density at radius 1 is 1.35 bits per heavy atom. The molecule has 10 nitrogen and oxygen atoms in total. The van der Waals surface area contributed by atoms with E-state index in [9.17, 15) is 4.79 Å². The van der Waals surface area contributed by atoms with E-state index in [2.05, 4.69) is 25.7 Å². The van der Waals surface area contributed by atoms with Gasteiger partial charge >= 0.3 is 0 Å².